The predicted octanol–water partition coefficient (Wildman–Crippen LogP) is 9.36. The van der Waals surface area contributed by atoms with Gasteiger partial charge in [0.15, 0.2) is 23.2 Å². The van der Waals surface area contributed by atoms with Gasteiger partial charge < -0.3 is 24.8 Å². The van der Waals surface area contributed by atoms with Crippen LogP contribution in [-0.2, 0) is 14.3 Å². The van der Waals surface area contributed by atoms with Crippen molar-refractivity contribution in [2.75, 3.05) is 22.6 Å². The third-order valence-corrected chi connectivity index (χ3v) is 8.32. The van der Waals surface area contributed by atoms with Gasteiger partial charge in [0.05, 0.1) is 29.3 Å². The second-order valence-corrected chi connectivity index (χ2v) is 15.2. The molecule has 3 aromatic rings. The highest BCUT2D eigenvalue weighted by Gasteiger charge is 2.67. The van der Waals surface area contributed by atoms with Crippen molar-refractivity contribution in [3.8, 4) is 5.75 Å². The van der Waals surface area contributed by atoms with Crippen LogP contribution in [0.4, 0.5) is 44.2 Å². The lowest BCUT2D eigenvalue weighted by Gasteiger charge is -2.29. The van der Waals surface area contributed by atoms with Gasteiger partial charge in [-0.25, -0.2) is 27.2 Å². The van der Waals surface area contributed by atoms with E-state index in [1.165, 1.54) is 53.7 Å². The molecule has 0 heterocycles. The molecular weight excluding hydrogens is 745 g/mol. The number of carbonyl (C=O) groups is 4. The molecule has 1 aliphatic carbocycles. The fourth-order valence-electron chi connectivity index (χ4n) is 4.94. The SMILES string of the molecule is COc1c(F)cc(NC(=O)C2C(c3ccc(F)c(Cl)c3)C2(Cl)Cl)cc1C(=O)Nc1ccc(F)c(N(C(=O)OC(C)(C)C)C(=O)OC(C)(C)C)c1F. The van der Waals surface area contributed by atoms with Gasteiger partial charge in [-0.2, -0.15) is 4.90 Å². The van der Waals surface area contributed by atoms with E-state index in [2.05, 4.69) is 10.6 Å². The molecule has 3 aromatic carbocycles. The zero-order chi connectivity index (χ0) is 38.4. The summed E-state index contributed by atoms with van der Waals surface area (Å²) in [6.07, 6.45) is -2.97. The van der Waals surface area contributed by atoms with E-state index in [0.717, 1.165) is 31.4 Å². The summed E-state index contributed by atoms with van der Waals surface area (Å²) in [6, 6.07) is 6.99. The van der Waals surface area contributed by atoms with E-state index in [-0.39, 0.29) is 15.6 Å². The van der Waals surface area contributed by atoms with Crippen LogP contribution in [0, 0.1) is 29.2 Å². The Kier molecular flexibility index (Phi) is 11.2. The number of amides is 4. The summed E-state index contributed by atoms with van der Waals surface area (Å²) in [5, 5.41) is 4.33. The van der Waals surface area contributed by atoms with E-state index >= 15 is 13.2 Å². The number of carbonyl (C=O) groups excluding carboxylic acids is 4. The molecule has 0 aromatic heterocycles. The van der Waals surface area contributed by atoms with E-state index < -0.39 is 97.3 Å². The van der Waals surface area contributed by atoms with Crippen LogP contribution in [-0.4, -0.2) is 46.6 Å². The summed E-state index contributed by atoms with van der Waals surface area (Å²) in [5.41, 5.74) is -4.86. The van der Waals surface area contributed by atoms with Gasteiger partial charge >= 0.3 is 12.2 Å². The molecule has 17 heteroatoms. The third kappa shape index (κ3) is 8.79. The predicted molar refractivity (Wildman–Crippen MR) is 183 cm³/mol. The summed E-state index contributed by atoms with van der Waals surface area (Å²) in [6.45, 7) is 8.73. The van der Waals surface area contributed by atoms with Crippen molar-refractivity contribution in [3.05, 3.63) is 81.9 Å². The van der Waals surface area contributed by atoms with Crippen LogP contribution in [0.5, 0.6) is 5.75 Å². The standard InChI is InChI=1S/C34H32Cl3F4N3O7/c1-32(2,3)50-30(47)44(31(48)51-33(4,5)6)26-20(39)10-11-22(25(26)41)43-28(45)17-13-16(14-21(40)27(17)49-7)42-29(46)24-23(34(24,36)37)15-8-9-19(38)18(35)12-15/h8-14,23-24H,1-7H3,(H,42,46)(H,43,45). The summed E-state index contributed by atoms with van der Waals surface area (Å²) in [5.74, 6) is -9.35. The fourth-order valence-corrected chi connectivity index (χ4v) is 5.96. The van der Waals surface area contributed by atoms with Crippen LogP contribution in [0.3, 0.4) is 0 Å². The molecule has 0 bridgehead atoms. The number of benzene rings is 3. The van der Waals surface area contributed by atoms with Gasteiger partial charge in [-0.3, -0.25) is 9.59 Å². The maximum absolute atomic E-state index is 16.0. The van der Waals surface area contributed by atoms with Gasteiger partial charge in [-0.1, -0.05) is 17.7 Å². The first-order chi connectivity index (χ1) is 23.5. The number of rotatable bonds is 7. The maximum Gasteiger partial charge on any atom is 0.424 e. The first-order valence-electron chi connectivity index (χ1n) is 15.0. The van der Waals surface area contributed by atoms with E-state index in [1.54, 1.807) is 0 Å². The maximum atomic E-state index is 16.0. The van der Waals surface area contributed by atoms with Gasteiger partial charge in [0.1, 0.15) is 27.0 Å². The molecule has 2 unspecified atom stereocenters. The minimum atomic E-state index is -1.64. The molecule has 2 N–H and O–H groups in total. The molecule has 0 radical (unpaired) electrons. The zero-order valence-electron chi connectivity index (χ0n) is 28.1. The van der Waals surface area contributed by atoms with Crippen molar-refractivity contribution in [1.82, 2.24) is 0 Å². The normalized spacial score (nSPS) is 16.5. The highest BCUT2D eigenvalue weighted by Crippen LogP contribution is 2.65. The quantitative estimate of drug-likeness (QED) is 0.181. The van der Waals surface area contributed by atoms with Gasteiger partial charge in [-0.15, -0.1) is 23.2 Å². The largest absolute Gasteiger partial charge is 0.493 e. The number of nitrogens with zero attached hydrogens (tertiary/aromatic N) is 1. The van der Waals surface area contributed by atoms with E-state index in [9.17, 15) is 23.6 Å². The average Bonchev–Trinajstić information content (AvgIpc) is 3.57. The Bertz CT molecular complexity index is 1890. The molecule has 1 aliphatic rings. The number of imide groups is 1. The zero-order valence-corrected chi connectivity index (χ0v) is 30.4. The molecular formula is C34H32Cl3F4N3O7. The lowest BCUT2D eigenvalue weighted by atomic mass is 10.1. The fraction of sp³-hybridized carbons (Fsp3) is 0.353. The molecule has 4 rings (SSSR count). The Hall–Kier alpha value is -4.27. The summed E-state index contributed by atoms with van der Waals surface area (Å²) in [4.78, 5) is 52.8. The van der Waals surface area contributed by atoms with Crippen LogP contribution in [0.2, 0.25) is 5.02 Å². The van der Waals surface area contributed by atoms with Crippen LogP contribution in [0.1, 0.15) is 63.4 Å². The van der Waals surface area contributed by atoms with Gasteiger partial charge in [0.2, 0.25) is 5.91 Å². The molecule has 51 heavy (non-hydrogen) atoms. The average molecular weight is 777 g/mol. The van der Waals surface area contributed by atoms with Crippen molar-refractivity contribution < 1.29 is 51.0 Å². The highest BCUT2D eigenvalue weighted by molar-refractivity contribution is 6.53. The summed E-state index contributed by atoms with van der Waals surface area (Å²) < 4.78 is 73.9. The van der Waals surface area contributed by atoms with Crippen molar-refractivity contribution in [2.24, 2.45) is 5.92 Å². The van der Waals surface area contributed by atoms with Crippen LogP contribution >= 0.6 is 34.8 Å². The number of nitrogens with one attached hydrogen (secondary N) is 2. The molecule has 4 amide bonds. The second-order valence-electron chi connectivity index (χ2n) is 13.3. The molecule has 10 nitrogen and oxygen atoms in total. The second kappa shape index (κ2) is 14.4. The van der Waals surface area contributed by atoms with Gasteiger partial charge in [0.25, 0.3) is 5.91 Å². The van der Waals surface area contributed by atoms with E-state index in [1.807, 2.05) is 0 Å². The third-order valence-electron chi connectivity index (χ3n) is 7.09. The smallest absolute Gasteiger partial charge is 0.424 e. The lowest BCUT2D eigenvalue weighted by molar-refractivity contribution is -0.117. The first-order valence-corrected chi connectivity index (χ1v) is 16.2. The van der Waals surface area contributed by atoms with Crippen molar-refractivity contribution >= 4 is 75.9 Å². The number of halogens is 7. The topological polar surface area (TPSA) is 123 Å². The molecule has 0 spiro atoms. The number of anilines is 3. The number of hydrogen-bond donors (Lipinski definition) is 2. The Balaban J connectivity index is 1.66. The number of methoxy groups -OCH3 is 1. The number of hydrogen-bond acceptors (Lipinski definition) is 7. The number of ether oxygens (including phenoxy) is 3. The molecule has 1 saturated carbocycles. The van der Waals surface area contributed by atoms with Gasteiger partial charge in [0, 0.05) is 17.7 Å². The minimum absolute atomic E-state index is 0.00599. The lowest BCUT2D eigenvalue weighted by Crippen LogP contribution is -2.44. The molecule has 0 saturated heterocycles. The molecule has 1 fully saturated rings. The van der Waals surface area contributed by atoms with E-state index in [4.69, 9.17) is 49.0 Å². The number of alkyl halides is 2. The minimum Gasteiger partial charge on any atom is -0.493 e. The Morgan fingerprint density at radius 2 is 1.37 bits per heavy atom. The van der Waals surface area contributed by atoms with Crippen LogP contribution < -0.4 is 20.3 Å². The monoisotopic (exact) mass is 775 g/mol. The molecule has 0 aliphatic heterocycles. The van der Waals surface area contributed by atoms with Crippen LogP contribution in [0.15, 0.2) is 42.5 Å². The Morgan fingerprint density at radius 1 is 0.804 bits per heavy atom. The Morgan fingerprint density at radius 3 is 1.90 bits per heavy atom. The van der Waals surface area contributed by atoms with Crippen molar-refractivity contribution in [1.29, 1.82) is 0 Å². The molecule has 274 valence electrons. The van der Waals surface area contributed by atoms with Gasteiger partial charge in [-0.05, 0) is 77.4 Å². The molecule has 2 atom stereocenters. The van der Waals surface area contributed by atoms with Crippen LogP contribution in [0.25, 0.3) is 0 Å². The van der Waals surface area contributed by atoms with E-state index in [0.29, 0.717) is 11.6 Å². The summed E-state index contributed by atoms with van der Waals surface area (Å²) >= 11 is 18.6. The highest BCUT2D eigenvalue weighted by atomic mass is 35.5. The first kappa shape index (κ1) is 39.5. The van der Waals surface area contributed by atoms with Crippen molar-refractivity contribution in [3.63, 3.8) is 0 Å². The Labute approximate surface area is 305 Å². The van der Waals surface area contributed by atoms with Crippen molar-refractivity contribution in [2.45, 2.75) is 63.0 Å². The summed E-state index contributed by atoms with van der Waals surface area (Å²) in [7, 11) is 1.04.